The lowest BCUT2D eigenvalue weighted by atomic mass is 10.1. The third-order valence-electron chi connectivity index (χ3n) is 5.15. The van der Waals surface area contributed by atoms with Crippen LogP contribution >= 0.6 is 0 Å². The van der Waals surface area contributed by atoms with E-state index in [0.717, 1.165) is 17.7 Å². The third-order valence-corrected chi connectivity index (χ3v) is 5.15. The van der Waals surface area contributed by atoms with Crippen molar-refractivity contribution in [1.82, 2.24) is 4.90 Å². The van der Waals surface area contributed by atoms with Crippen molar-refractivity contribution in [3.63, 3.8) is 0 Å². The van der Waals surface area contributed by atoms with Crippen molar-refractivity contribution < 1.29 is 32.4 Å². The molecular formula is C22H23F3N4O5. The van der Waals surface area contributed by atoms with Gasteiger partial charge in [-0.15, -0.1) is 0 Å². The molecule has 2 aromatic carbocycles. The van der Waals surface area contributed by atoms with E-state index < -0.39 is 22.4 Å². The maximum atomic E-state index is 12.8. The van der Waals surface area contributed by atoms with Gasteiger partial charge >= 0.3 is 6.18 Å². The Morgan fingerprint density at radius 2 is 1.76 bits per heavy atom. The predicted molar refractivity (Wildman–Crippen MR) is 117 cm³/mol. The van der Waals surface area contributed by atoms with Crippen LogP contribution in [0.2, 0.25) is 0 Å². The van der Waals surface area contributed by atoms with Crippen molar-refractivity contribution in [3.8, 4) is 0 Å². The highest BCUT2D eigenvalue weighted by Gasteiger charge is 2.33. The summed E-state index contributed by atoms with van der Waals surface area (Å²) >= 11 is 0. The first-order valence-corrected chi connectivity index (χ1v) is 10.5. The molecule has 3 rings (SSSR count). The maximum Gasteiger partial charge on any atom is 0.416 e. The van der Waals surface area contributed by atoms with E-state index in [1.54, 1.807) is 29.2 Å². The predicted octanol–water partition coefficient (Wildman–Crippen LogP) is 3.46. The number of amides is 2. The highest BCUT2D eigenvalue weighted by Crippen LogP contribution is 2.34. The van der Waals surface area contributed by atoms with Gasteiger partial charge in [0.1, 0.15) is 5.69 Å². The van der Waals surface area contributed by atoms with E-state index >= 15 is 0 Å². The summed E-state index contributed by atoms with van der Waals surface area (Å²) in [5.41, 5.74) is -0.658. The van der Waals surface area contributed by atoms with Gasteiger partial charge in [0, 0.05) is 37.8 Å². The van der Waals surface area contributed by atoms with Gasteiger partial charge in [0.05, 0.1) is 30.1 Å². The van der Waals surface area contributed by atoms with E-state index in [-0.39, 0.29) is 36.9 Å². The van der Waals surface area contributed by atoms with E-state index in [4.69, 9.17) is 4.74 Å². The zero-order chi connectivity index (χ0) is 24.7. The van der Waals surface area contributed by atoms with Gasteiger partial charge in [-0.25, -0.2) is 0 Å². The molecule has 12 heteroatoms. The van der Waals surface area contributed by atoms with Crippen molar-refractivity contribution in [1.29, 1.82) is 0 Å². The van der Waals surface area contributed by atoms with Gasteiger partial charge in [-0.3, -0.25) is 19.7 Å². The number of halogens is 3. The average Bonchev–Trinajstić information content (AvgIpc) is 2.80. The number of carbonyl (C=O) groups is 2. The molecule has 1 fully saturated rings. The van der Waals surface area contributed by atoms with E-state index in [0.29, 0.717) is 38.1 Å². The molecule has 34 heavy (non-hydrogen) atoms. The Hall–Kier alpha value is -3.67. The second kappa shape index (κ2) is 11.0. The van der Waals surface area contributed by atoms with E-state index in [2.05, 4.69) is 10.6 Å². The molecule has 0 aliphatic carbocycles. The molecule has 0 spiro atoms. The van der Waals surface area contributed by atoms with Crippen LogP contribution in [0.25, 0.3) is 0 Å². The fraction of sp³-hybridized carbons (Fsp3) is 0.364. The monoisotopic (exact) mass is 480 g/mol. The number of alkyl halides is 3. The molecule has 0 radical (unpaired) electrons. The number of nitro benzene ring substituents is 1. The summed E-state index contributed by atoms with van der Waals surface area (Å²) in [5.74, 6) is -0.386. The number of anilines is 2. The molecule has 2 amide bonds. The number of nitro groups is 1. The van der Waals surface area contributed by atoms with Crippen molar-refractivity contribution in [3.05, 3.63) is 63.7 Å². The molecule has 0 unspecified atom stereocenters. The van der Waals surface area contributed by atoms with Crippen LogP contribution in [0.5, 0.6) is 0 Å². The third kappa shape index (κ3) is 6.91. The maximum absolute atomic E-state index is 12.8. The van der Waals surface area contributed by atoms with Gasteiger partial charge in [-0.2, -0.15) is 13.2 Å². The fourth-order valence-corrected chi connectivity index (χ4v) is 3.35. The first-order chi connectivity index (χ1) is 16.1. The molecule has 9 nitrogen and oxygen atoms in total. The van der Waals surface area contributed by atoms with Gasteiger partial charge in [-0.05, 0) is 29.8 Å². The summed E-state index contributed by atoms with van der Waals surface area (Å²) in [5, 5.41) is 16.4. The minimum absolute atomic E-state index is 0.00326. The fourth-order valence-electron chi connectivity index (χ4n) is 3.35. The van der Waals surface area contributed by atoms with Crippen molar-refractivity contribution in [2.24, 2.45) is 0 Å². The number of morpholine rings is 1. The molecule has 1 aliphatic rings. The van der Waals surface area contributed by atoms with Crippen LogP contribution in [0.4, 0.5) is 30.2 Å². The molecular weight excluding hydrogens is 457 g/mol. The molecule has 1 heterocycles. The molecule has 0 atom stereocenters. The van der Waals surface area contributed by atoms with Crippen LogP contribution in [0.1, 0.15) is 17.5 Å². The van der Waals surface area contributed by atoms with Gasteiger partial charge in [0.2, 0.25) is 11.8 Å². The highest BCUT2D eigenvalue weighted by molar-refractivity contribution is 5.91. The van der Waals surface area contributed by atoms with Crippen molar-refractivity contribution >= 4 is 28.9 Å². The molecule has 1 aliphatic heterocycles. The molecule has 0 bridgehead atoms. The molecule has 182 valence electrons. The summed E-state index contributed by atoms with van der Waals surface area (Å²) in [7, 11) is 0. The van der Waals surface area contributed by atoms with Crippen molar-refractivity contribution in [2.45, 2.75) is 19.0 Å². The molecule has 2 aromatic rings. The lowest BCUT2D eigenvalue weighted by Crippen LogP contribution is -2.41. The largest absolute Gasteiger partial charge is 0.416 e. The number of nitrogens with one attached hydrogen (secondary N) is 2. The Bertz CT molecular complexity index is 1040. The minimum atomic E-state index is -4.70. The second-order valence-corrected chi connectivity index (χ2v) is 7.58. The number of hydrogen-bond donors (Lipinski definition) is 2. The lowest BCUT2D eigenvalue weighted by Gasteiger charge is -2.26. The summed E-state index contributed by atoms with van der Waals surface area (Å²) in [6, 6.07) is 8.95. The summed E-state index contributed by atoms with van der Waals surface area (Å²) < 4.78 is 43.6. The normalized spacial score (nSPS) is 13.9. The molecule has 0 aromatic heterocycles. The number of rotatable bonds is 8. The highest BCUT2D eigenvalue weighted by atomic mass is 19.4. The molecule has 0 saturated carbocycles. The van der Waals surface area contributed by atoms with E-state index in [1.807, 2.05) is 0 Å². The second-order valence-electron chi connectivity index (χ2n) is 7.58. The number of hydrogen-bond acceptors (Lipinski definition) is 6. The van der Waals surface area contributed by atoms with Gasteiger partial charge in [-0.1, -0.05) is 12.1 Å². The van der Waals surface area contributed by atoms with Gasteiger partial charge in [0.25, 0.3) is 5.69 Å². The first-order valence-electron chi connectivity index (χ1n) is 10.5. The average molecular weight is 480 g/mol. The van der Waals surface area contributed by atoms with Crippen LogP contribution < -0.4 is 10.6 Å². The smallest absolute Gasteiger partial charge is 0.379 e. The SMILES string of the molecule is O=C(CCNc1ccc(C(F)(F)F)cc1[N+](=O)[O-])Nc1ccc(CC(=O)N2CCOCC2)cc1. The zero-order valence-corrected chi connectivity index (χ0v) is 18.1. The Kier molecular flexibility index (Phi) is 8.05. The molecule has 2 N–H and O–H groups in total. The summed E-state index contributed by atoms with van der Waals surface area (Å²) in [4.78, 5) is 36.4. The Morgan fingerprint density at radius 1 is 1.09 bits per heavy atom. The van der Waals surface area contributed by atoms with Crippen LogP contribution in [-0.4, -0.2) is 54.5 Å². The first kappa shape index (κ1) is 25.0. The van der Waals surface area contributed by atoms with Crippen molar-refractivity contribution in [2.75, 3.05) is 43.5 Å². The number of ether oxygens (including phenoxy) is 1. The van der Waals surface area contributed by atoms with Crippen LogP contribution in [0, 0.1) is 10.1 Å². The Labute approximate surface area is 193 Å². The van der Waals surface area contributed by atoms with Crippen LogP contribution in [-0.2, 0) is 26.9 Å². The quantitative estimate of drug-likeness (QED) is 0.442. The van der Waals surface area contributed by atoms with Crippen LogP contribution in [0.3, 0.4) is 0 Å². The van der Waals surface area contributed by atoms with Gasteiger partial charge in [0.15, 0.2) is 0 Å². The number of carbonyl (C=O) groups excluding carboxylic acids is 2. The topological polar surface area (TPSA) is 114 Å². The molecule has 1 saturated heterocycles. The lowest BCUT2D eigenvalue weighted by molar-refractivity contribution is -0.384. The number of benzene rings is 2. The Morgan fingerprint density at radius 3 is 2.38 bits per heavy atom. The summed E-state index contributed by atoms with van der Waals surface area (Å²) in [6.45, 7) is 2.16. The van der Waals surface area contributed by atoms with E-state index in [9.17, 15) is 32.9 Å². The Balaban J connectivity index is 1.49. The number of nitrogens with zero attached hydrogens (tertiary/aromatic N) is 2. The van der Waals surface area contributed by atoms with Gasteiger partial charge < -0.3 is 20.3 Å². The summed E-state index contributed by atoms with van der Waals surface area (Å²) in [6.07, 6.45) is -4.53. The van der Waals surface area contributed by atoms with Crippen LogP contribution in [0.15, 0.2) is 42.5 Å². The zero-order valence-electron chi connectivity index (χ0n) is 18.1. The van der Waals surface area contributed by atoms with E-state index in [1.165, 1.54) is 0 Å². The standard InChI is InChI=1S/C22H23F3N4O5/c23-22(24,25)16-3-6-18(19(14-16)29(32)33)26-8-7-20(30)27-17-4-1-15(2-5-17)13-21(31)28-9-11-34-12-10-28/h1-6,14,26H,7-13H2,(H,27,30). The minimum Gasteiger partial charge on any atom is -0.379 e.